The third-order valence-corrected chi connectivity index (χ3v) is 2.92. The van der Waals surface area contributed by atoms with Crippen LogP contribution < -0.4 is 10.5 Å². The van der Waals surface area contributed by atoms with Crippen LogP contribution in [0.25, 0.3) is 0 Å². The van der Waals surface area contributed by atoms with Crippen molar-refractivity contribution in [2.24, 2.45) is 5.73 Å². The van der Waals surface area contributed by atoms with Gasteiger partial charge in [0.15, 0.2) is 11.6 Å². The van der Waals surface area contributed by atoms with Crippen molar-refractivity contribution >= 4 is 11.6 Å². The summed E-state index contributed by atoms with van der Waals surface area (Å²) < 4.78 is 31.2. The van der Waals surface area contributed by atoms with Crippen molar-refractivity contribution < 1.29 is 13.5 Å². The Morgan fingerprint density at radius 1 is 1.00 bits per heavy atom. The van der Waals surface area contributed by atoms with Crippen LogP contribution in [0.2, 0.25) is 5.02 Å². The van der Waals surface area contributed by atoms with Crippen molar-refractivity contribution in [1.29, 1.82) is 0 Å². The average Bonchev–Trinajstić information content (AvgIpc) is 2.37. The van der Waals surface area contributed by atoms with Crippen molar-refractivity contribution in [3.05, 3.63) is 58.6 Å². The second-order valence-electron chi connectivity index (χ2n) is 3.97. The quantitative estimate of drug-likeness (QED) is 0.923. The average molecular weight is 284 g/mol. The fourth-order valence-corrected chi connectivity index (χ4v) is 1.89. The minimum atomic E-state index is -0.955. The van der Waals surface area contributed by atoms with E-state index in [0.29, 0.717) is 23.7 Å². The summed E-state index contributed by atoms with van der Waals surface area (Å²) in [5.41, 5.74) is 6.37. The first kappa shape index (κ1) is 13.8. The van der Waals surface area contributed by atoms with Gasteiger partial charge in [0.05, 0.1) is 0 Å². The highest BCUT2D eigenvalue weighted by atomic mass is 35.5. The lowest BCUT2D eigenvalue weighted by molar-refractivity contribution is 0.461. The molecule has 0 fully saturated rings. The van der Waals surface area contributed by atoms with Crippen LogP contribution in [0.4, 0.5) is 8.78 Å². The summed E-state index contributed by atoms with van der Waals surface area (Å²) >= 11 is 6.06. The number of rotatable bonds is 4. The van der Waals surface area contributed by atoms with Gasteiger partial charge in [0.1, 0.15) is 11.5 Å². The van der Waals surface area contributed by atoms with Crippen LogP contribution >= 0.6 is 11.6 Å². The van der Waals surface area contributed by atoms with Crippen molar-refractivity contribution in [2.45, 2.75) is 6.42 Å². The number of hydrogen-bond donors (Lipinski definition) is 1. The van der Waals surface area contributed by atoms with Gasteiger partial charge in [-0.05, 0) is 42.8 Å². The highest BCUT2D eigenvalue weighted by molar-refractivity contribution is 6.31. The monoisotopic (exact) mass is 283 g/mol. The summed E-state index contributed by atoms with van der Waals surface area (Å²) in [7, 11) is 0. The molecule has 0 unspecified atom stereocenters. The van der Waals surface area contributed by atoms with Gasteiger partial charge >= 0.3 is 0 Å². The lowest BCUT2D eigenvalue weighted by Crippen LogP contribution is -2.03. The standard InChI is InChI=1S/C14H12ClF2NO/c15-12-7-10(2-1-9(12)5-6-18)19-11-3-4-13(16)14(17)8-11/h1-4,7-8H,5-6,18H2. The molecule has 0 aromatic heterocycles. The van der Waals surface area contributed by atoms with Crippen molar-refractivity contribution in [3.8, 4) is 11.5 Å². The third kappa shape index (κ3) is 3.43. The first-order chi connectivity index (χ1) is 9.10. The van der Waals surface area contributed by atoms with E-state index in [0.717, 1.165) is 17.7 Å². The van der Waals surface area contributed by atoms with Gasteiger partial charge in [-0.2, -0.15) is 0 Å². The summed E-state index contributed by atoms with van der Waals surface area (Å²) in [5, 5.41) is 0.533. The Kier molecular flexibility index (Phi) is 4.35. The molecule has 0 bridgehead atoms. The summed E-state index contributed by atoms with van der Waals surface area (Å²) in [5.74, 6) is -1.20. The molecule has 0 spiro atoms. The highest BCUT2D eigenvalue weighted by Gasteiger charge is 2.06. The van der Waals surface area contributed by atoms with E-state index >= 15 is 0 Å². The van der Waals surface area contributed by atoms with Gasteiger partial charge in [0.25, 0.3) is 0 Å². The summed E-state index contributed by atoms with van der Waals surface area (Å²) in [4.78, 5) is 0. The molecule has 2 rings (SSSR count). The van der Waals surface area contributed by atoms with Crippen LogP contribution in [-0.2, 0) is 6.42 Å². The van der Waals surface area contributed by atoms with Gasteiger partial charge < -0.3 is 10.5 Å². The Bertz CT molecular complexity index is 590. The fraction of sp³-hybridized carbons (Fsp3) is 0.143. The predicted molar refractivity (Wildman–Crippen MR) is 70.6 cm³/mol. The number of halogens is 3. The van der Waals surface area contributed by atoms with E-state index in [-0.39, 0.29) is 5.75 Å². The van der Waals surface area contributed by atoms with E-state index in [1.165, 1.54) is 6.07 Å². The molecule has 19 heavy (non-hydrogen) atoms. The zero-order valence-electron chi connectivity index (χ0n) is 10.00. The Morgan fingerprint density at radius 3 is 2.32 bits per heavy atom. The number of ether oxygens (including phenoxy) is 1. The molecule has 0 aliphatic rings. The van der Waals surface area contributed by atoms with Crippen LogP contribution in [0, 0.1) is 11.6 Å². The van der Waals surface area contributed by atoms with E-state index in [1.807, 2.05) is 0 Å². The van der Waals surface area contributed by atoms with Crippen LogP contribution in [-0.4, -0.2) is 6.54 Å². The van der Waals surface area contributed by atoms with Gasteiger partial charge in [-0.3, -0.25) is 0 Å². The van der Waals surface area contributed by atoms with Crippen LogP contribution in [0.5, 0.6) is 11.5 Å². The molecule has 2 aromatic carbocycles. The van der Waals surface area contributed by atoms with Crippen LogP contribution in [0.15, 0.2) is 36.4 Å². The Balaban J connectivity index is 2.19. The molecule has 0 amide bonds. The van der Waals surface area contributed by atoms with Crippen LogP contribution in [0.1, 0.15) is 5.56 Å². The molecule has 0 saturated heterocycles. The van der Waals surface area contributed by atoms with Gasteiger partial charge in [-0.15, -0.1) is 0 Å². The molecule has 100 valence electrons. The second kappa shape index (κ2) is 5.99. The number of nitrogens with two attached hydrogens (primary N) is 1. The minimum Gasteiger partial charge on any atom is -0.457 e. The molecule has 0 radical (unpaired) electrons. The Labute approximate surface area is 114 Å². The molecule has 5 heteroatoms. The number of benzene rings is 2. The predicted octanol–water partition coefficient (Wildman–Crippen LogP) is 3.91. The topological polar surface area (TPSA) is 35.2 Å². The van der Waals surface area contributed by atoms with Crippen molar-refractivity contribution in [2.75, 3.05) is 6.54 Å². The summed E-state index contributed by atoms with van der Waals surface area (Å²) in [6.07, 6.45) is 0.671. The van der Waals surface area contributed by atoms with Gasteiger partial charge in [-0.25, -0.2) is 8.78 Å². The molecule has 2 nitrogen and oxygen atoms in total. The summed E-state index contributed by atoms with van der Waals surface area (Å²) in [6.45, 7) is 0.503. The molecule has 0 aliphatic heterocycles. The van der Waals surface area contributed by atoms with E-state index in [4.69, 9.17) is 22.1 Å². The molecule has 2 aromatic rings. The molecule has 0 heterocycles. The van der Waals surface area contributed by atoms with Crippen molar-refractivity contribution in [3.63, 3.8) is 0 Å². The van der Waals surface area contributed by atoms with E-state index in [9.17, 15) is 8.78 Å². The van der Waals surface area contributed by atoms with E-state index in [1.54, 1.807) is 18.2 Å². The van der Waals surface area contributed by atoms with Gasteiger partial charge in [0.2, 0.25) is 0 Å². The largest absolute Gasteiger partial charge is 0.457 e. The first-order valence-corrected chi connectivity index (χ1v) is 6.09. The lowest BCUT2D eigenvalue weighted by atomic mass is 10.1. The SMILES string of the molecule is NCCc1ccc(Oc2ccc(F)c(F)c2)cc1Cl. The first-order valence-electron chi connectivity index (χ1n) is 5.71. The van der Waals surface area contributed by atoms with E-state index < -0.39 is 11.6 Å². The minimum absolute atomic E-state index is 0.210. The molecule has 0 saturated carbocycles. The number of hydrogen-bond acceptors (Lipinski definition) is 2. The van der Waals surface area contributed by atoms with Crippen molar-refractivity contribution in [1.82, 2.24) is 0 Å². The lowest BCUT2D eigenvalue weighted by Gasteiger charge is -2.08. The molecular weight excluding hydrogens is 272 g/mol. The summed E-state index contributed by atoms with van der Waals surface area (Å²) in [6, 6.07) is 8.46. The maximum atomic E-state index is 13.0. The van der Waals surface area contributed by atoms with Gasteiger partial charge in [-0.1, -0.05) is 17.7 Å². The van der Waals surface area contributed by atoms with Gasteiger partial charge in [0, 0.05) is 11.1 Å². The molecule has 0 atom stereocenters. The molecular formula is C14H12ClF2NO. The molecule has 0 aliphatic carbocycles. The fourth-order valence-electron chi connectivity index (χ4n) is 1.63. The Hall–Kier alpha value is -1.65. The van der Waals surface area contributed by atoms with Crippen LogP contribution in [0.3, 0.4) is 0 Å². The normalized spacial score (nSPS) is 10.5. The third-order valence-electron chi connectivity index (χ3n) is 2.56. The Morgan fingerprint density at radius 2 is 1.68 bits per heavy atom. The maximum absolute atomic E-state index is 13.0. The van der Waals surface area contributed by atoms with E-state index in [2.05, 4.69) is 0 Å². The maximum Gasteiger partial charge on any atom is 0.162 e. The molecule has 2 N–H and O–H groups in total. The smallest absolute Gasteiger partial charge is 0.162 e. The zero-order valence-corrected chi connectivity index (χ0v) is 10.8. The second-order valence-corrected chi connectivity index (χ2v) is 4.38. The zero-order chi connectivity index (χ0) is 13.8. The highest BCUT2D eigenvalue weighted by Crippen LogP contribution is 2.27.